The van der Waals surface area contributed by atoms with Crippen LogP contribution in [0, 0.1) is 11.8 Å². The first kappa shape index (κ1) is 27.7. The molecule has 0 amide bonds. The van der Waals surface area contributed by atoms with Crippen LogP contribution in [-0.4, -0.2) is 25.2 Å². The second kappa shape index (κ2) is 19.4. The molecule has 180 valence electrons. The van der Waals surface area contributed by atoms with Gasteiger partial charge < -0.3 is 9.47 Å². The van der Waals surface area contributed by atoms with Crippen LogP contribution >= 0.6 is 0 Å². The van der Waals surface area contributed by atoms with Gasteiger partial charge in [0.15, 0.2) is 0 Å². The zero-order valence-corrected chi connectivity index (χ0v) is 20.4. The van der Waals surface area contributed by atoms with Crippen molar-refractivity contribution in [3.8, 4) is 0 Å². The highest BCUT2D eigenvalue weighted by Crippen LogP contribution is 2.28. The number of carbonyl (C=O) groups excluding carboxylic acids is 2. The molecule has 0 fully saturated rings. The van der Waals surface area contributed by atoms with Crippen molar-refractivity contribution in [1.82, 2.24) is 0 Å². The molecule has 4 nitrogen and oxygen atoms in total. The molecule has 0 aliphatic heterocycles. The number of rotatable bonds is 20. The zero-order valence-electron chi connectivity index (χ0n) is 20.4. The van der Waals surface area contributed by atoms with Crippen LogP contribution < -0.4 is 0 Å². The van der Waals surface area contributed by atoms with Crippen molar-refractivity contribution in [2.75, 3.05) is 13.2 Å². The van der Waals surface area contributed by atoms with E-state index in [0.717, 1.165) is 25.7 Å². The van der Waals surface area contributed by atoms with E-state index in [1.165, 1.54) is 77.0 Å². The summed E-state index contributed by atoms with van der Waals surface area (Å²) in [5.74, 6) is -1.40. The van der Waals surface area contributed by atoms with Gasteiger partial charge in [0.2, 0.25) is 0 Å². The Morgan fingerprint density at radius 1 is 0.645 bits per heavy atom. The van der Waals surface area contributed by atoms with Crippen LogP contribution in [0.2, 0.25) is 0 Å². The van der Waals surface area contributed by atoms with Gasteiger partial charge in [-0.2, -0.15) is 0 Å². The van der Waals surface area contributed by atoms with Gasteiger partial charge in [-0.1, -0.05) is 116 Å². The Morgan fingerprint density at radius 3 is 1.55 bits per heavy atom. The Kier molecular flexibility index (Phi) is 17.3. The highest BCUT2D eigenvalue weighted by molar-refractivity contribution is 5.84. The van der Waals surface area contributed by atoms with Gasteiger partial charge in [-0.25, -0.2) is 0 Å². The summed E-state index contributed by atoms with van der Waals surface area (Å²) in [5, 5.41) is 0. The van der Waals surface area contributed by atoms with E-state index < -0.39 is 11.8 Å². The third-order valence-corrected chi connectivity index (χ3v) is 6.23. The van der Waals surface area contributed by atoms with Gasteiger partial charge in [0.05, 0.1) is 25.0 Å². The van der Waals surface area contributed by atoms with E-state index >= 15 is 0 Å². The zero-order chi connectivity index (χ0) is 22.6. The van der Waals surface area contributed by atoms with Crippen molar-refractivity contribution in [2.45, 2.75) is 123 Å². The molecule has 4 heteroatoms. The minimum Gasteiger partial charge on any atom is -0.465 e. The van der Waals surface area contributed by atoms with Crippen molar-refractivity contribution in [1.29, 1.82) is 0 Å². The van der Waals surface area contributed by atoms with Gasteiger partial charge in [-0.3, -0.25) is 9.59 Å². The lowest BCUT2D eigenvalue weighted by atomic mass is 9.96. The monoisotopic (exact) mass is 436 g/mol. The summed E-state index contributed by atoms with van der Waals surface area (Å²) in [5.41, 5.74) is 0. The summed E-state index contributed by atoms with van der Waals surface area (Å²) >= 11 is 0. The van der Waals surface area contributed by atoms with Crippen molar-refractivity contribution in [3.63, 3.8) is 0 Å². The van der Waals surface area contributed by atoms with Gasteiger partial charge >= 0.3 is 11.9 Å². The molecule has 0 aromatic heterocycles. The average Bonchev–Trinajstić information content (AvgIpc) is 3.27. The molecule has 0 heterocycles. The maximum absolute atomic E-state index is 12.4. The third-order valence-electron chi connectivity index (χ3n) is 6.23. The summed E-state index contributed by atoms with van der Waals surface area (Å²) in [6, 6.07) is 0. The number of ether oxygens (including phenoxy) is 2. The van der Waals surface area contributed by atoms with Crippen LogP contribution in [0.4, 0.5) is 0 Å². The van der Waals surface area contributed by atoms with Crippen LogP contribution in [0.15, 0.2) is 12.2 Å². The molecule has 0 radical (unpaired) electrons. The molecule has 0 bridgehead atoms. The van der Waals surface area contributed by atoms with Gasteiger partial charge in [0, 0.05) is 0 Å². The first-order valence-electron chi connectivity index (χ1n) is 13.2. The quantitative estimate of drug-likeness (QED) is 0.112. The molecule has 1 aliphatic carbocycles. The van der Waals surface area contributed by atoms with Crippen LogP contribution in [0.1, 0.15) is 123 Å². The molecule has 2 atom stereocenters. The minimum atomic E-state index is -0.472. The van der Waals surface area contributed by atoms with E-state index in [-0.39, 0.29) is 11.9 Å². The van der Waals surface area contributed by atoms with Crippen molar-refractivity contribution >= 4 is 11.9 Å². The second-order valence-corrected chi connectivity index (χ2v) is 9.08. The summed E-state index contributed by atoms with van der Waals surface area (Å²) in [6.45, 7) is 5.38. The number of carbonyl (C=O) groups is 2. The molecular formula is C27H48O4. The molecule has 0 saturated carbocycles. The number of esters is 2. The van der Waals surface area contributed by atoms with Gasteiger partial charge in [0.1, 0.15) is 0 Å². The first-order valence-corrected chi connectivity index (χ1v) is 13.2. The average molecular weight is 437 g/mol. The largest absolute Gasteiger partial charge is 0.465 e. The Morgan fingerprint density at radius 2 is 1.06 bits per heavy atom. The Balaban J connectivity index is 2.08. The molecular weight excluding hydrogens is 388 g/mol. The van der Waals surface area contributed by atoms with Crippen molar-refractivity contribution in [2.24, 2.45) is 11.8 Å². The number of hydrogen-bond acceptors (Lipinski definition) is 4. The molecule has 0 aromatic carbocycles. The normalized spacial score (nSPS) is 17.7. The predicted octanol–water partition coefficient (Wildman–Crippen LogP) is 7.55. The van der Waals surface area contributed by atoms with E-state index in [2.05, 4.69) is 13.8 Å². The Hall–Kier alpha value is -1.32. The number of unbranched alkanes of at least 4 members (excludes halogenated alkanes) is 14. The van der Waals surface area contributed by atoms with Gasteiger partial charge in [0.25, 0.3) is 0 Å². The smallest absolute Gasteiger partial charge is 0.313 e. The summed E-state index contributed by atoms with van der Waals surface area (Å²) in [4.78, 5) is 24.8. The highest BCUT2D eigenvalue weighted by Gasteiger charge is 2.36. The predicted molar refractivity (Wildman–Crippen MR) is 128 cm³/mol. The standard InChI is InChI=1S/C27H48O4/c1-3-5-7-9-11-13-15-17-22-30-26(28)24-20-19-21-25(24)27(29)31-23-18-16-14-12-10-8-6-4-2/h19-20,24-25H,3-18,21-23H2,1-2H3. The lowest BCUT2D eigenvalue weighted by Crippen LogP contribution is -2.29. The highest BCUT2D eigenvalue weighted by atomic mass is 16.5. The van der Waals surface area contributed by atoms with E-state index in [1.54, 1.807) is 0 Å². The molecule has 1 aliphatic rings. The SMILES string of the molecule is CCCCCCCCCCOC(=O)C1C=CCC1C(=O)OCCCCCCCCCC. The molecule has 31 heavy (non-hydrogen) atoms. The molecule has 0 aromatic rings. The lowest BCUT2D eigenvalue weighted by molar-refractivity contribution is -0.158. The summed E-state index contributed by atoms with van der Waals surface area (Å²) < 4.78 is 10.9. The van der Waals surface area contributed by atoms with E-state index in [1.807, 2.05) is 12.2 Å². The van der Waals surface area contributed by atoms with Gasteiger partial charge in [-0.15, -0.1) is 0 Å². The van der Waals surface area contributed by atoms with E-state index in [4.69, 9.17) is 9.47 Å². The summed E-state index contributed by atoms with van der Waals surface area (Å²) in [6.07, 6.45) is 23.8. The molecule has 1 rings (SSSR count). The van der Waals surface area contributed by atoms with Crippen LogP contribution in [0.25, 0.3) is 0 Å². The fourth-order valence-corrected chi connectivity index (χ4v) is 4.16. The van der Waals surface area contributed by atoms with Crippen LogP contribution in [0.5, 0.6) is 0 Å². The third kappa shape index (κ3) is 13.6. The minimum absolute atomic E-state index is 0.248. The number of hydrogen-bond donors (Lipinski definition) is 0. The topological polar surface area (TPSA) is 52.6 Å². The molecule has 0 saturated heterocycles. The van der Waals surface area contributed by atoms with Crippen LogP contribution in [0.3, 0.4) is 0 Å². The maximum Gasteiger partial charge on any atom is 0.313 e. The van der Waals surface area contributed by atoms with E-state index in [0.29, 0.717) is 19.6 Å². The van der Waals surface area contributed by atoms with Crippen LogP contribution in [-0.2, 0) is 19.1 Å². The Bertz CT molecular complexity index is 486. The second-order valence-electron chi connectivity index (χ2n) is 9.08. The molecule has 2 unspecified atom stereocenters. The lowest BCUT2D eigenvalue weighted by Gasteiger charge is -2.17. The maximum atomic E-state index is 12.4. The molecule has 0 N–H and O–H groups in total. The fraction of sp³-hybridized carbons (Fsp3) is 0.852. The Labute approximate surface area is 191 Å². The van der Waals surface area contributed by atoms with Gasteiger partial charge in [-0.05, 0) is 19.3 Å². The number of allylic oxidation sites excluding steroid dienone is 1. The summed E-state index contributed by atoms with van der Waals surface area (Å²) in [7, 11) is 0. The van der Waals surface area contributed by atoms with E-state index in [9.17, 15) is 9.59 Å². The fourth-order valence-electron chi connectivity index (χ4n) is 4.16. The first-order chi connectivity index (χ1) is 15.2. The molecule has 0 spiro atoms. The van der Waals surface area contributed by atoms with Crippen molar-refractivity contribution < 1.29 is 19.1 Å². The van der Waals surface area contributed by atoms with Crippen molar-refractivity contribution in [3.05, 3.63) is 12.2 Å².